The van der Waals surface area contributed by atoms with Gasteiger partial charge in [-0.25, -0.2) is 23.9 Å². The molecule has 0 amide bonds. The highest BCUT2D eigenvalue weighted by Crippen LogP contribution is 2.31. The smallest absolute Gasteiger partial charge is 0.371 e. The second-order valence-corrected chi connectivity index (χ2v) is 12.0. The zero-order valence-electron chi connectivity index (χ0n) is 22.8. The average Bonchev–Trinajstić information content (AvgIpc) is 2.96. The Morgan fingerprint density at radius 1 is 0.362 bits per heavy atom. The molecule has 0 aliphatic rings. The van der Waals surface area contributed by atoms with E-state index in [0.717, 1.165) is 0 Å². The van der Waals surface area contributed by atoms with Crippen LogP contribution in [0.25, 0.3) is 0 Å². The lowest BCUT2D eigenvalue weighted by Crippen LogP contribution is -2.36. The number of hydrogen-bond acceptors (Lipinski definition) is 9. The molecule has 0 aliphatic heterocycles. The standard InChI is InChI=1S/C30H14Cl8O9/c31-13-5-1-6-14(32)21(13)25(39)43-29(44-26(40)22-15(33)7-2-8-16(22)34)47-30(45-27(41)23-17(35)9-3-10-18(23)36)46-28(42)24-19(37)11-4-12-20(24)38/h1-12,29-30H. The zero-order valence-corrected chi connectivity index (χ0v) is 28.8. The van der Waals surface area contributed by atoms with Gasteiger partial charge in [-0.1, -0.05) is 117 Å². The highest BCUT2D eigenvalue weighted by Gasteiger charge is 2.34. The summed E-state index contributed by atoms with van der Waals surface area (Å²) >= 11 is 49.1. The van der Waals surface area contributed by atoms with Crippen LogP contribution in [0.1, 0.15) is 41.4 Å². The van der Waals surface area contributed by atoms with E-state index in [2.05, 4.69) is 0 Å². The fraction of sp³-hybridized carbons (Fsp3) is 0.0667. The van der Waals surface area contributed by atoms with Crippen LogP contribution in [0.2, 0.25) is 40.2 Å². The summed E-state index contributed by atoms with van der Waals surface area (Å²) in [5, 5.41) is -1.24. The molecule has 0 N–H and O–H groups in total. The molecular formula is C30H14Cl8O9. The van der Waals surface area contributed by atoms with Gasteiger partial charge >= 0.3 is 36.8 Å². The Labute approximate surface area is 305 Å². The third kappa shape index (κ3) is 9.14. The van der Waals surface area contributed by atoms with Gasteiger partial charge in [-0.3, -0.25) is 0 Å². The first-order valence-electron chi connectivity index (χ1n) is 12.5. The van der Waals surface area contributed by atoms with Gasteiger partial charge in [-0.15, -0.1) is 0 Å². The van der Waals surface area contributed by atoms with Crippen molar-refractivity contribution in [2.75, 3.05) is 0 Å². The van der Waals surface area contributed by atoms with Crippen molar-refractivity contribution in [1.82, 2.24) is 0 Å². The fourth-order valence-corrected chi connectivity index (χ4v) is 5.81. The van der Waals surface area contributed by atoms with Gasteiger partial charge in [0.25, 0.3) is 0 Å². The van der Waals surface area contributed by atoms with Gasteiger partial charge in [0, 0.05) is 0 Å². The molecule has 47 heavy (non-hydrogen) atoms. The van der Waals surface area contributed by atoms with Crippen LogP contribution < -0.4 is 0 Å². The first-order valence-corrected chi connectivity index (χ1v) is 15.6. The highest BCUT2D eigenvalue weighted by atomic mass is 35.5. The number of carbonyl (C=O) groups is 4. The molecule has 17 heteroatoms. The first kappa shape index (κ1) is 36.9. The Bertz CT molecular complexity index is 1520. The van der Waals surface area contributed by atoms with Crippen molar-refractivity contribution in [3.05, 3.63) is 135 Å². The summed E-state index contributed by atoms with van der Waals surface area (Å²) < 4.78 is 26.3. The van der Waals surface area contributed by atoms with Crippen LogP contribution in [0, 0.1) is 0 Å². The van der Waals surface area contributed by atoms with Crippen molar-refractivity contribution in [2.45, 2.75) is 13.0 Å². The van der Waals surface area contributed by atoms with E-state index in [1.165, 1.54) is 72.8 Å². The van der Waals surface area contributed by atoms with E-state index in [0.29, 0.717) is 0 Å². The van der Waals surface area contributed by atoms with E-state index in [-0.39, 0.29) is 62.4 Å². The predicted molar refractivity (Wildman–Crippen MR) is 176 cm³/mol. The number of rotatable bonds is 10. The lowest BCUT2D eigenvalue weighted by atomic mass is 10.2. The lowest BCUT2D eigenvalue weighted by molar-refractivity contribution is -0.343. The summed E-state index contributed by atoms with van der Waals surface area (Å²) in [4.78, 5) is 52.8. The predicted octanol–water partition coefficient (Wildman–Crippen LogP) is 10.2. The van der Waals surface area contributed by atoms with Crippen molar-refractivity contribution >= 4 is 117 Å². The van der Waals surface area contributed by atoms with Crippen LogP contribution in [-0.4, -0.2) is 36.8 Å². The second kappa shape index (κ2) is 16.4. The zero-order chi connectivity index (χ0) is 34.4. The Balaban J connectivity index is 1.73. The molecule has 0 fully saturated rings. The molecule has 0 atom stereocenters. The molecule has 0 saturated heterocycles. The second-order valence-electron chi connectivity index (χ2n) is 8.72. The number of halogens is 8. The van der Waals surface area contributed by atoms with Crippen molar-refractivity contribution < 1.29 is 42.9 Å². The van der Waals surface area contributed by atoms with Crippen LogP contribution in [0.15, 0.2) is 72.8 Å². The maximum Gasteiger partial charge on any atom is 0.371 e. The molecule has 4 aromatic rings. The van der Waals surface area contributed by atoms with Crippen LogP contribution in [0.5, 0.6) is 0 Å². The van der Waals surface area contributed by atoms with Crippen LogP contribution in [-0.2, 0) is 23.7 Å². The van der Waals surface area contributed by atoms with E-state index in [9.17, 15) is 19.2 Å². The van der Waals surface area contributed by atoms with E-state index in [1.807, 2.05) is 0 Å². The summed E-state index contributed by atoms with van der Waals surface area (Å²) in [7, 11) is 0. The van der Waals surface area contributed by atoms with Gasteiger partial charge < -0.3 is 18.9 Å². The van der Waals surface area contributed by atoms with E-state index < -0.39 is 36.8 Å². The minimum atomic E-state index is -2.47. The largest absolute Gasteiger partial charge is 0.396 e. The molecule has 9 nitrogen and oxygen atoms in total. The molecule has 0 aromatic heterocycles. The third-order valence-corrected chi connectivity index (χ3v) is 8.22. The average molecular weight is 802 g/mol. The van der Waals surface area contributed by atoms with Crippen molar-refractivity contribution in [1.29, 1.82) is 0 Å². The number of benzene rings is 4. The molecule has 4 rings (SSSR count). The molecule has 0 heterocycles. The minimum Gasteiger partial charge on any atom is -0.396 e. The first-order chi connectivity index (χ1) is 22.3. The number of carbonyl (C=O) groups excluding carboxylic acids is 4. The van der Waals surface area contributed by atoms with Gasteiger partial charge in [0.1, 0.15) is 0 Å². The maximum absolute atomic E-state index is 13.2. The van der Waals surface area contributed by atoms with Gasteiger partial charge in [-0.05, 0) is 48.5 Å². The van der Waals surface area contributed by atoms with Crippen LogP contribution >= 0.6 is 92.8 Å². The number of esters is 4. The number of hydrogen-bond donors (Lipinski definition) is 0. The fourth-order valence-electron chi connectivity index (χ4n) is 3.61. The number of ether oxygens (including phenoxy) is 5. The van der Waals surface area contributed by atoms with Gasteiger partial charge in [0.2, 0.25) is 0 Å². The third-order valence-electron chi connectivity index (χ3n) is 5.70. The monoisotopic (exact) mass is 798 g/mol. The summed E-state index contributed by atoms with van der Waals surface area (Å²) in [5.41, 5.74) is -1.47. The molecule has 0 spiro atoms. The quantitative estimate of drug-likeness (QED) is 0.114. The van der Waals surface area contributed by atoms with E-state index in [4.69, 9.17) is 116 Å². The Morgan fingerprint density at radius 2 is 0.532 bits per heavy atom. The Morgan fingerprint density at radius 3 is 0.702 bits per heavy atom. The van der Waals surface area contributed by atoms with Gasteiger partial charge in [-0.2, -0.15) is 0 Å². The topological polar surface area (TPSA) is 114 Å². The molecule has 244 valence electrons. The van der Waals surface area contributed by atoms with E-state index >= 15 is 0 Å². The molecule has 0 bridgehead atoms. The molecule has 4 aromatic carbocycles. The summed E-state index contributed by atoms with van der Waals surface area (Å²) in [6, 6.07) is 16.4. The molecule has 0 unspecified atom stereocenters. The molecule has 0 saturated carbocycles. The SMILES string of the molecule is O=C(OC(OC(=O)c1c(Cl)cccc1Cl)OC(OC(=O)c1c(Cl)cccc1Cl)OC(=O)c1c(Cl)cccc1Cl)c1c(Cl)cccc1Cl. The van der Waals surface area contributed by atoms with Gasteiger partial charge in [0.05, 0.1) is 62.4 Å². The highest BCUT2D eigenvalue weighted by molar-refractivity contribution is 6.41. The van der Waals surface area contributed by atoms with Crippen molar-refractivity contribution in [3.63, 3.8) is 0 Å². The van der Waals surface area contributed by atoms with Crippen LogP contribution in [0.4, 0.5) is 0 Å². The van der Waals surface area contributed by atoms with E-state index in [1.54, 1.807) is 0 Å². The molecule has 0 radical (unpaired) electrons. The van der Waals surface area contributed by atoms with Crippen molar-refractivity contribution in [3.8, 4) is 0 Å². The van der Waals surface area contributed by atoms with Crippen LogP contribution in [0.3, 0.4) is 0 Å². The van der Waals surface area contributed by atoms with Crippen molar-refractivity contribution in [2.24, 2.45) is 0 Å². The van der Waals surface area contributed by atoms with Gasteiger partial charge in [0.15, 0.2) is 0 Å². The summed E-state index contributed by atoms with van der Waals surface area (Å²) in [5.74, 6) is -5.15. The molecular weight excluding hydrogens is 788 g/mol. The summed E-state index contributed by atoms with van der Waals surface area (Å²) in [6.45, 7) is -4.94. The summed E-state index contributed by atoms with van der Waals surface area (Å²) in [6.07, 6.45) is 0. The normalized spacial score (nSPS) is 10.9. The minimum absolute atomic E-state index is 0.155. The Hall–Kier alpha value is -2.96. The lowest BCUT2D eigenvalue weighted by Gasteiger charge is -2.24. The molecule has 0 aliphatic carbocycles. The Kier molecular flexibility index (Phi) is 12.9. The maximum atomic E-state index is 13.2.